The fraction of sp³-hybridized carbons (Fsp3) is 0.316. The zero-order valence-corrected chi connectivity index (χ0v) is 14.6. The highest BCUT2D eigenvalue weighted by molar-refractivity contribution is 6.93. The molecule has 2 heteroatoms. The van der Waals surface area contributed by atoms with Crippen LogP contribution in [0, 0.1) is 0 Å². The predicted molar refractivity (Wildman–Crippen MR) is 96.1 cm³/mol. The standard InChI is InChI=1S/C19H23NSi/c1-19(2,3)21(4,5)18-12-8-11-17-15(18)13-14-9-6-7-10-16(14)20-17/h6-13H,1-5H3. The van der Waals surface area contributed by atoms with Crippen LogP contribution >= 0.6 is 0 Å². The first-order valence-corrected chi connectivity index (χ1v) is 10.6. The van der Waals surface area contributed by atoms with Crippen LogP contribution in [-0.2, 0) is 0 Å². The van der Waals surface area contributed by atoms with E-state index in [2.05, 4.69) is 82.4 Å². The SMILES string of the molecule is CC(C)(C)[Si](C)(C)c1cccc2nc3ccccc3cc12. The summed E-state index contributed by atoms with van der Waals surface area (Å²) in [4.78, 5) is 4.86. The Morgan fingerprint density at radius 2 is 1.52 bits per heavy atom. The number of benzene rings is 2. The van der Waals surface area contributed by atoms with Crippen LogP contribution in [0.5, 0.6) is 0 Å². The van der Waals surface area contributed by atoms with Crippen molar-refractivity contribution in [2.75, 3.05) is 0 Å². The summed E-state index contributed by atoms with van der Waals surface area (Å²) in [6, 6.07) is 17.3. The van der Waals surface area contributed by atoms with Gasteiger partial charge in [0.15, 0.2) is 0 Å². The molecular formula is C19H23NSi. The Kier molecular flexibility index (Phi) is 3.17. The molecule has 0 amide bonds. The van der Waals surface area contributed by atoms with Crippen molar-refractivity contribution >= 4 is 35.1 Å². The van der Waals surface area contributed by atoms with E-state index in [-0.39, 0.29) is 0 Å². The van der Waals surface area contributed by atoms with Crippen LogP contribution in [0.2, 0.25) is 18.1 Å². The van der Waals surface area contributed by atoms with Crippen molar-refractivity contribution in [3.8, 4) is 0 Å². The van der Waals surface area contributed by atoms with Gasteiger partial charge in [-0.2, -0.15) is 0 Å². The maximum Gasteiger partial charge on any atom is 0.0868 e. The molecule has 0 saturated heterocycles. The maximum absolute atomic E-state index is 4.86. The highest BCUT2D eigenvalue weighted by atomic mass is 28.3. The molecule has 1 nitrogen and oxygen atoms in total. The number of fused-ring (bicyclic) bond motifs is 2. The zero-order valence-electron chi connectivity index (χ0n) is 13.6. The molecule has 0 aliphatic heterocycles. The lowest BCUT2D eigenvalue weighted by molar-refractivity contribution is 0.730. The van der Waals surface area contributed by atoms with Crippen LogP contribution in [0.4, 0.5) is 0 Å². The molecule has 0 saturated carbocycles. The van der Waals surface area contributed by atoms with Crippen molar-refractivity contribution in [2.45, 2.75) is 38.9 Å². The van der Waals surface area contributed by atoms with Crippen LogP contribution in [0.1, 0.15) is 20.8 Å². The summed E-state index contributed by atoms with van der Waals surface area (Å²) in [5, 5.41) is 4.41. The average Bonchev–Trinajstić information content (AvgIpc) is 2.43. The van der Waals surface area contributed by atoms with Crippen LogP contribution in [0.25, 0.3) is 21.8 Å². The number of hydrogen-bond acceptors (Lipinski definition) is 1. The van der Waals surface area contributed by atoms with Gasteiger partial charge in [-0.05, 0) is 23.2 Å². The zero-order chi connectivity index (χ0) is 15.3. The molecular weight excluding hydrogens is 270 g/mol. The van der Waals surface area contributed by atoms with Gasteiger partial charge in [-0.15, -0.1) is 0 Å². The molecule has 21 heavy (non-hydrogen) atoms. The number of pyridine rings is 1. The highest BCUT2D eigenvalue weighted by Crippen LogP contribution is 2.37. The minimum atomic E-state index is -1.57. The third-order valence-electron chi connectivity index (χ3n) is 5.11. The van der Waals surface area contributed by atoms with Gasteiger partial charge in [-0.1, -0.05) is 69.4 Å². The molecule has 1 aromatic heterocycles. The Hall–Kier alpha value is -1.67. The van der Waals surface area contributed by atoms with Crippen molar-refractivity contribution in [3.05, 3.63) is 48.5 Å². The molecule has 1 heterocycles. The number of aromatic nitrogens is 1. The lowest BCUT2D eigenvalue weighted by Gasteiger charge is -2.38. The van der Waals surface area contributed by atoms with Gasteiger partial charge in [0.05, 0.1) is 19.1 Å². The quantitative estimate of drug-likeness (QED) is 0.449. The summed E-state index contributed by atoms with van der Waals surface area (Å²) in [7, 11) is -1.57. The van der Waals surface area contributed by atoms with Gasteiger partial charge in [0.25, 0.3) is 0 Å². The third kappa shape index (κ3) is 2.28. The van der Waals surface area contributed by atoms with Crippen molar-refractivity contribution in [1.29, 1.82) is 0 Å². The molecule has 0 N–H and O–H groups in total. The van der Waals surface area contributed by atoms with Gasteiger partial charge in [-0.3, -0.25) is 0 Å². The van der Waals surface area contributed by atoms with Gasteiger partial charge in [-0.25, -0.2) is 4.98 Å². The largest absolute Gasteiger partial charge is 0.248 e. The number of para-hydroxylation sites is 1. The highest BCUT2D eigenvalue weighted by Gasteiger charge is 2.37. The molecule has 2 aromatic carbocycles. The molecule has 0 radical (unpaired) electrons. The predicted octanol–water partition coefficient (Wildman–Crippen LogP) is 5.10. The first-order valence-electron chi connectivity index (χ1n) is 7.60. The molecule has 0 aliphatic rings. The normalized spacial score (nSPS) is 13.0. The van der Waals surface area contributed by atoms with Crippen molar-refractivity contribution in [2.24, 2.45) is 0 Å². The number of rotatable bonds is 1. The van der Waals surface area contributed by atoms with Crippen molar-refractivity contribution in [1.82, 2.24) is 4.98 Å². The fourth-order valence-corrected chi connectivity index (χ4v) is 4.94. The van der Waals surface area contributed by atoms with E-state index in [1.807, 2.05) is 0 Å². The van der Waals surface area contributed by atoms with Crippen LogP contribution < -0.4 is 5.19 Å². The van der Waals surface area contributed by atoms with Crippen molar-refractivity contribution < 1.29 is 0 Å². The van der Waals surface area contributed by atoms with Gasteiger partial charge in [0, 0.05) is 10.8 Å². The molecule has 3 rings (SSSR count). The third-order valence-corrected chi connectivity index (χ3v) is 10.6. The van der Waals surface area contributed by atoms with Gasteiger partial charge in [0.2, 0.25) is 0 Å². The second-order valence-electron chi connectivity index (χ2n) is 7.43. The smallest absolute Gasteiger partial charge is 0.0868 e. The fourth-order valence-electron chi connectivity index (χ4n) is 2.75. The molecule has 0 unspecified atom stereocenters. The Morgan fingerprint density at radius 1 is 0.857 bits per heavy atom. The van der Waals surface area contributed by atoms with E-state index in [0.29, 0.717) is 5.04 Å². The van der Waals surface area contributed by atoms with Crippen LogP contribution in [0.15, 0.2) is 48.5 Å². The number of hydrogen-bond donors (Lipinski definition) is 0. The Morgan fingerprint density at radius 3 is 2.24 bits per heavy atom. The van der Waals surface area contributed by atoms with E-state index in [4.69, 9.17) is 4.98 Å². The topological polar surface area (TPSA) is 12.9 Å². The van der Waals surface area contributed by atoms with Crippen LogP contribution in [0.3, 0.4) is 0 Å². The van der Waals surface area contributed by atoms with Gasteiger partial charge in [0.1, 0.15) is 0 Å². The molecule has 108 valence electrons. The van der Waals surface area contributed by atoms with E-state index in [1.54, 1.807) is 0 Å². The maximum atomic E-state index is 4.86. The molecule has 0 aliphatic carbocycles. The molecule has 0 fully saturated rings. The summed E-state index contributed by atoms with van der Waals surface area (Å²) in [5.74, 6) is 0. The summed E-state index contributed by atoms with van der Waals surface area (Å²) in [6.07, 6.45) is 0. The van der Waals surface area contributed by atoms with E-state index >= 15 is 0 Å². The first kappa shape index (κ1) is 14.3. The molecule has 0 bridgehead atoms. The summed E-state index contributed by atoms with van der Waals surface area (Å²) >= 11 is 0. The van der Waals surface area contributed by atoms with Gasteiger partial charge >= 0.3 is 0 Å². The Bertz CT molecular complexity index is 813. The average molecular weight is 293 g/mol. The van der Waals surface area contributed by atoms with E-state index in [0.717, 1.165) is 11.0 Å². The Balaban J connectivity index is 2.36. The van der Waals surface area contributed by atoms with Crippen molar-refractivity contribution in [3.63, 3.8) is 0 Å². The van der Waals surface area contributed by atoms with Gasteiger partial charge < -0.3 is 0 Å². The summed E-state index contributed by atoms with van der Waals surface area (Å²) < 4.78 is 0. The summed E-state index contributed by atoms with van der Waals surface area (Å²) in [6.45, 7) is 12.0. The molecule has 0 spiro atoms. The lowest BCUT2D eigenvalue weighted by atomic mass is 10.1. The second kappa shape index (κ2) is 4.67. The summed E-state index contributed by atoms with van der Waals surface area (Å²) in [5.41, 5.74) is 2.20. The minimum absolute atomic E-state index is 0.326. The second-order valence-corrected chi connectivity index (χ2v) is 12.7. The Labute approximate surface area is 128 Å². The molecule has 3 aromatic rings. The lowest BCUT2D eigenvalue weighted by Crippen LogP contribution is -2.49. The molecule has 0 atom stereocenters. The number of nitrogens with zero attached hydrogens (tertiary/aromatic N) is 1. The minimum Gasteiger partial charge on any atom is -0.248 e. The van der Waals surface area contributed by atoms with E-state index < -0.39 is 8.07 Å². The monoisotopic (exact) mass is 293 g/mol. The van der Waals surface area contributed by atoms with E-state index in [1.165, 1.54) is 16.0 Å². The van der Waals surface area contributed by atoms with Crippen LogP contribution in [-0.4, -0.2) is 13.1 Å². The van der Waals surface area contributed by atoms with E-state index in [9.17, 15) is 0 Å². The first-order chi connectivity index (χ1) is 9.80.